The normalized spacial score (nSPS) is 11.6. The molecule has 11 heteroatoms. The Bertz CT molecular complexity index is 1450. The number of thioether (sulfide) groups is 1. The number of carbonyl (C=O) groups excluding carboxylic acids is 1. The van der Waals surface area contributed by atoms with Crippen molar-refractivity contribution < 1.29 is 22.1 Å². The van der Waals surface area contributed by atoms with Crippen molar-refractivity contribution >= 4 is 55.6 Å². The summed E-state index contributed by atoms with van der Waals surface area (Å²) in [6.07, 6.45) is 1.39. The molecule has 4 aromatic rings. The van der Waals surface area contributed by atoms with Crippen molar-refractivity contribution in [1.29, 1.82) is 0 Å². The zero-order valence-electron chi connectivity index (χ0n) is 18.8. The Kier molecular flexibility index (Phi) is 7.69. The zero-order valence-corrected chi connectivity index (χ0v) is 21.2. The topological polar surface area (TPSA) is 107 Å². The monoisotopic (exact) mass is 527 g/mol. The van der Waals surface area contributed by atoms with Crippen LogP contribution in [0.1, 0.15) is 11.1 Å². The Morgan fingerprint density at radius 3 is 2.63 bits per heavy atom. The van der Waals surface area contributed by atoms with Crippen molar-refractivity contribution in [1.82, 2.24) is 10.4 Å². The Hall–Kier alpha value is -3.41. The van der Waals surface area contributed by atoms with Crippen LogP contribution in [0.25, 0.3) is 10.2 Å². The van der Waals surface area contributed by atoms with Crippen LogP contribution in [0, 0.1) is 6.92 Å². The number of benzene rings is 3. The molecule has 0 atom stereocenters. The van der Waals surface area contributed by atoms with Crippen LogP contribution in [0.3, 0.4) is 0 Å². The lowest BCUT2D eigenvalue weighted by molar-refractivity contribution is -0.118. The average molecular weight is 528 g/mol. The van der Waals surface area contributed by atoms with Gasteiger partial charge in [0.25, 0.3) is 5.91 Å². The molecule has 0 aliphatic rings. The van der Waals surface area contributed by atoms with E-state index < -0.39 is 10.1 Å². The molecule has 1 N–H and O–H groups in total. The number of nitrogens with one attached hydrogen (secondary N) is 1. The number of ether oxygens (including phenoxy) is 1. The highest BCUT2D eigenvalue weighted by Gasteiger charge is 2.19. The van der Waals surface area contributed by atoms with Crippen LogP contribution in [0.15, 0.2) is 81.1 Å². The lowest BCUT2D eigenvalue weighted by Crippen LogP contribution is -2.19. The van der Waals surface area contributed by atoms with Gasteiger partial charge in [-0.05, 0) is 55.0 Å². The molecule has 0 aliphatic carbocycles. The number of fused-ring (bicyclic) bond motifs is 1. The van der Waals surface area contributed by atoms with Crippen LogP contribution in [-0.2, 0) is 14.9 Å². The minimum absolute atomic E-state index is 0.00902. The summed E-state index contributed by atoms with van der Waals surface area (Å²) >= 11 is 2.86. The molecular formula is C24H21N3O5S3. The molecule has 0 saturated carbocycles. The quantitative estimate of drug-likeness (QED) is 0.146. The molecule has 1 aromatic heterocycles. The molecule has 0 saturated heterocycles. The van der Waals surface area contributed by atoms with Crippen LogP contribution in [-0.4, -0.2) is 38.4 Å². The Labute approximate surface area is 211 Å². The highest BCUT2D eigenvalue weighted by Crippen LogP contribution is 2.31. The second-order valence-corrected chi connectivity index (χ2v) is 11.1. The van der Waals surface area contributed by atoms with Gasteiger partial charge in [-0.2, -0.15) is 13.5 Å². The van der Waals surface area contributed by atoms with Crippen molar-refractivity contribution in [3.63, 3.8) is 0 Å². The highest BCUT2D eigenvalue weighted by molar-refractivity contribution is 8.01. The predicted octanol–water partition coefficient (Wildman–Crippen LogP) is 4.62. The van der Waals surface area contributed by atoms with E-state index in [1.807, 2.05) is 31.2 Å². The summed E-state index contributed by atoms with van der Waals surface area (Å²) in [4.78, 5) is 16.7. The van der Waals surface area contributed by atoms with E-state index in [-0.39, 0.29) is 28.1 Å². The van der Waals surface area contributed by atoms with E-state index in [9.17, 15) is 13.2 Å². The summed E-state index contributed by atoms with van der Waals surface area (Å²) in [5.74, 6) is 0.115. The van der Waals surface area contributed by atoms with Gasteiger partial charge in [0.1, 0.15) is 4.90 Å². The first-order valence-corrected chi connectivity index (χ1v) is 13.5. The fourth-order valence-corrected chi connectivity index (χ4v) is 5.75. The summed E-state index contributed by atoms with van der Waals surface area (Å²) in [7, 11) is -2.64. The third-order valence-corrected chi connectivity index (χ3v) is 8.13. The molecule has 1 heterocycles. The van der Waals surface area contributed by atoms with Gasteiger partial charge in [-0.15, -0.1) is 11.3 Å². The molecule has 0 bridgehead atoms. The van der Waals surface area contributed by atoms with E-state index in [4.69, 9.17) is 8.92 Å². The standard InChI is InChI=1S/C24H21N3O5S3/c1-16-7-10-18(11-8-16)35(29,30)32-21-13-17(9-12-20(21)31-2)14-25-27-23(28)15-33-24-26-19-5-3-4-6-22(19)34-24/h3-14H,15H2,1-2H3,(H,27,28)/b25-14-. The zero-order chi connectivity index (χ0) is 24.8. The van der Waals surface area contributed by atoms with Crippen LogP contribution < -0.4 is 14.3 Å². The van der Waals surface area contributed by atoms with Gasteiger partial charge in [0.05, 0.1) is 29.3 Å². The van der Waals surface area contributed by atoms with Crippen molar-refractivity contribution in [3.05, 3.63) is 77.9 Å². The number of hydrazone groups is 1. The number of carbonyl (C=O) groups is 1. The van der Waals surface area contributed by atoms with Crippen LogP contribution in [0.2, 0.25) is 0 Å². The maximum Gasteiger partial charge on any atom is 0.339 e. The first kappa shape index (κ1) is 24.7. The van der Waals surface area contributed by atoms with Crippen molar-refractivity contribution in [2.75, 3.05) is 12.9 Å². The largest absolute Gasteiger partial charge is 0.493 e. The summed E-state index contributed by atoms with van der Waals surface area (Å²) in [5, 5.41) is 3.96. The van der Waals surface area contributed by atoms with E-state index in [2.05, 4.69) is 15.5 Å². The molecular weight excluding hydrogens is 506 g/mol. The number of amides is 1. The lowest BCUT2D eigenvalue weighted by atomic mass is 10.2. The van der Waals surface area contributed by atoms with E-state index in [0.29, 0.717) is 5.56 Å². The number of para-hydroxylation sites is 1. The van der Waals surface area contributed by atoms with Crippen LogP contribution in [0.5, 0.6) is 11.5 Å². The van der Waals surface area contributed by atoms with Gasteiger partial charge in [0.2, 0.25) is 0 Å². The predicted molar refractivity (Wildman–Crippen MR) is 138 cm³/mol. The van der Waals surface area contributed by atoms with Gasteiger partial charge in [-0.3, -0.25) is 4.79 Å². The molecule has 1 amide bonds. The number of hydrogen-bond donors (Lipinski definition) is 1. The summed E-state index contributed by atoms with van der Waals surface area (Å²) in [5.41, 5.74) is 4.81. The molecule has 0 radical (unpaired) electrons. The second-order valence-electron chi connectivity index (χ2n) is 7.29. The van der Waals surface area contributed by atoms with E-state index >= 15 is 0 Å². The number of aromatic nitrogens is 1. The van der Waals surface area contributed by atoms with Crippen molar-refractivity contribution in [2.24, 2.45) is 5.10 Å². The third-order valence-electron chi connectivity index (χ3n) is 4.70. The van der Waals surface area contributed by atoms with Crippen molar-refractivity contribution in [2.45, 2.75) is 16.2 Å². The minimum atomic E-state index is -4.06. The molecule has 0 fully saturated rings. The number of thiazole rings is 1. The van der Waals surface area contributed by atoms with Gasteiger partial charge in [0.15, 0.2) is 15.8 Å². The third kappa shape index (κ3) is 6.38. The fourth-order valence-electron chi connectivity index (χ4n) is 2.96. The molecule has 35 heavy (non-hydrogen) atoms. The number of aryl methyl sites for hydroxylation is 1. The molecule has 0 unspecified atom stereocenters. The lowest BCUT2D eigenvalue weighted by Gasteiger charge is -2.11. The van der Waals surface area contributed by atoms with E-state index in [1.54, 1.807) is 24.3 Å². The molecule has 3 aromatic carbocycles. The number of hydrogen-bond acceptors (Lipinski definition) is 9. The maximum absolute atomic E-state index is 12.7. The Morgan fingerprint density at radius 2 is 1.89 bits per heavy atom. The maximum atomic E-state index is 12.7. The second kappa shape index (κ2) is 10.9. The van der Waals surface area contributed by atoms with Gasteiger partial charge < -0.3 is 8.92 Å². The van der Waals surface area contributed by atoms with Gasteiger partial charge >= 0.3 is 10.1 Å². The smallest absolute Gasteiger partial charge is 0.339 e. The average Bonchev–Trinajstić information content (AvgIpc) is 3.26. The summed E-state index contributed by atoms with van der Waals surface area (Å²) in [6.45, 7) is 1.86. The number of nitrogens with zero attached hydrogens (tertiary/aromatic N) is 2. The number of rotatable bonds is 9. The molecule has 8 nitrogen and oxygen atoms in total. The minimum Gasteiger partial charge on any atom is -0.493 e. The van der Waals surface area contributed by atoms with Crippen LogP contribution in [0.4, 0.5) is 0 Å². The fraction of sp³-hybridized carbons (Fsp3) is 0.125. The van der Waals surface area contributed by atoms with Crippen molar-refractivity contribution in [3.8, 4) is 11.5 Å². The first-order chi connectivity index (χ1) is 16.8. The molecule has 0 spiro atoms. The molecule has 180 valence electrons. The van der Waals surface area contributed by atoms with Gasteiger partial charge in [0, 0.05) is 0 Å². The summed E-state index contributed by atoms with van der Waals surface area (Å²) < 4.78 is 37.7. The highest BCUT2D eigenvalue weighted by atomic mass is 32.2. The SMILES string of the molecule is COc1ccc(/C=N\NC(=O)CSc2nc3ccccc3s2)cc1OS(=O)(=O)c1ccc(C)cc1. The first-order valence-electron chi connectivity index (χ1n) is 10.3. The van der Waals surface area contributed by atoms with Crippen LogP contribution >= 0.6 is 23.1 Å². The molecule has 0 aliphatic heterocycles. The van der Waals surface area contributed by atoms with E-state index in [1.165, 1.54) is 54.6 Å². The number of methoxy groups -OCH3 is 1. The van der Waals surface area contributed by atoms with Gasteiger partial charge in [-0.25, -0.2) is 10.4 Å². The van der Waals surface area contributed by atoms with Gasteiger partial charge in [-0.1, -0.05) is 41.6 Å². The molecule has 4 rings (SSSR count). The summed E-state index contributed by atoms with van der Waals surface area (Å²) in [6, 6.07) is 18.8. The Morgan fingerprint density at radius 1 is 1.11 bits per heavy atom. The van der Waals surface area contributed by atoms with E-state index in [0.717, 1.165) is 20.1 Å². The Balaban J connectivity index is 1.38.